The van der Waals surface area contributed by atoms with Crippen LogP contribution in [-0.4, -0.2) is 133 Å². The molecule has 2 aliphatic heterocycles. The lowest BCUT2D eigenvalue weighted by atomic mass is 9.87. The van der Waals surface area contributed by atoms with Crippen LogP contribution in [0.3, 0.4) is 0 Å². The third-order valence-corrected chi connectivity index (χ3v) is 16.8. The second-order valence-corrected chi connectivity index (χ2v) is 21.8. The van der Waals surface area contributed by atoms with Crippen molar-refractivity contribution in [3.8, 4) is 0 Å². The van der Waals surface area contributed by atoms with Crippen LogP contribution >= 0.6 is 0 Å². The summed E-state index contributed by atoms with van der Waals surface area (Å²) in [6.07, 6.45) is 11.0. The average molecular weight is 1060 g/mol. The third kappa shape index (κ3) is 13.5. The minimum absolute atomic E-state index is 0.107. The largest absolute Gasteiger partial charge is 0.352 e. The van der Waals surface area contributed by atoms with Crippen LogP contribution in [0.25, 0.3) is 0 Å². The molecule has 8 rings (SSSR count). The summed E-state index contributed by atoms with van der Waals surface area (Å²) in [5.41, 5.74) is 4.35. The Balaban J connectivity index is 0.781. The molecule has 1 saturated carbocycles. The molecule has 3 aromatic rings. The Hall–Kier alpha value is -6.66. The van der Waals surface area contributed by atoms with Crippen molar-refractivity contribution in [2.75, 3.05) is 40.3 Å². The van der Waals surface area contributed by atoms with Gasteiger partial charge >= 0.3 is 0 Å². The van der Waals surface area contributed by atoms with Crippen LogP contribution in [0.5, 0.6) is 0 Å². The Bertz CT molecular complexity index is 2630. The standard InChI is InChI=1S/C59H80N10O8/c1-37(60-3)51(70)66-48(57(76)68-34-14-26-49(68)55(74)64-46-24-11-18-39-16-5-7-21-44(39)46)23-9-10-32-62-53(72)41-28-30-42(31-29-41)54(73)63-33-13-20-43-36-59(43,67-52(71)38(2)61-4)58(77)69-35-15-27-50(69)56(75)65-47-25-12-19-40-17-6-8-22-45(40)47/h5-8,16-17,21-22,28-31,37-38,43,46-50,60-61H,9-15,18-20,23-27,32-36H2,1-4H3,(H,62,72)(H,63,73)(H,64,74)(H,65,75)(H,66,70)(H,67,71)/t37-,38-,43?,46+,47+,48-,49-,50-,59?/m0/s1. The van der Waals surface area contributed by atoms with Crippen molar-refractivity contribution in [2.45, 2.75) is 164 Å². The van der Waals surface area contributed by atoms with Crippen LogP contribution in [0.4, 0.5) is 0 Å². The van der Waals surface area contributed by atoms with Crippen molar-refractivity contribution in [2.24, 2.45) is 5.92 Å². The highest BCUT2D eigenvalue weighted by molar-refractivity contribution is 5.99. The number of unbranched alkanes of at least 4 members (excludes halogenated alkanes) is 1. The van der Waals surface area contributed by atoms with E-state index in [0.717, 1.165) is 49.7 Å². The van der Waals surface area contributed by atoms with Crippen molar-refractivity contribution in [3.63, 3.8) is 0 Å². The van der Waals surface area contributed by atoms with Gasteiger partial charge in [0.1, 0.15) is 23.7 Å². The number of carbonyl (C=O) groups excluding carboxylic acids is 8. The summed E-state index contributed by atoms with van der Waals surface area (Å²) in [6, 6.07) is 19.3. The maximum absolute atomic E-state index is 14.5. The summed E-state index contributed by atoms with van der Waals surface area (Å²) in [5, 5.41) is 24.2. The number of amides is 8. The van der Waals surface area contributed by atoms with Gasteiger partial charge in [-0.15, -0.1) is 0 Å². The highest BCUT2D eigenvalue weighted by Crippen LogP contribution is 2.49. The molecule has 0 aromatic heterocycles. The normalized spacial score (nSPS) is 23.5. The van der Waals surface area contributed by atoms with Gasteiger partial charge in [-0.2, -0.15) is 0 Å². The Morgan fingerprint density at radius 3 is 1.66 bits per heavy atom. The first-order valence-electron chi connectivity index (χ1n) is 28.2. The van der Waals surface area contributed by atoms with Crippen molar-refractivity contribution < 1.29 is 38.4 Å². The van der Waals surface area contributed by atoms with Gasteiger partial charge in [0.05, 0.1) is 24.2 Å². The van der Waals surface area contributed by atoms with Gasteiger partial charge in [-0.3, -0.25) is 38.4 Å². The van der Waals surface area contributed by atoms with Gasteiger partial charge in [0.25, 0.3) is 11.8 Å². The molecule has 5 aliphatic rings. The van der Waals surface area contributed by atoms with E-state index in [1.807, 2.05) is 24.3 Å². The highest BCUT2D eigenvalue weighted by Gasteiger charge is 2.63. The molecule has 8 amide bonds. The fourth-order valence-electron chi connectivity index (χ4n) is 11.9. The molecule has 414 valence electrons. The molecule has 3 fully saturated rings. The summed E-state index contributed by atoms with van der Waals surface area (Å²) < 4.78 is 0. The van der Waals surface area contributed by atoms with E-state index < -0.39 is 35.7 Å². The molecule has 3 aromatic carbocycles. The number of likely N-dealkylation sites (N-methyl/N-ethyl adjacent to an activating group) is 2. The van der Waals surface area contributed by atoms with E-state index in [-0.39, 0.29) is 65.3 Å². The fourth-order valence-corrected chi connectivity index (χ4v) is 11.9. The molecule has 9 atom stereocenters. The first-order valence-corrected chi connectivity index (χ1v) is 28.2. The monoisotopic (exact) mass is 1060 g/mol. The number of benzene rings is 3. The Labute approximate surface area is 453 Å². The zero-order chi connectivity index (χ0) is 54.6. The number of hydrogen-bond acceptors (Lipinski definition) is 10. The molecule has 0 radical (unpaired) electrons. The van der Waals surface area contributed by atoms with E-state index in [0.29, 0.717) is 102 Å². The lowest BCUT2D eigenvalue weighted by Crippen LogP contribution is -2.58. The van der Waals surface area contributed by atoms with Gasteiger partial charge in [0, 0.05) is 37.3 Å². The lowest BCUT2D eigenvalue weighted by Gasteiger charge is -2.32. The number of aryl methyl sites for hydroxylation is 2. The quantitative estimate of drug-likeness (QED) is 0.0635. The van der Waals surface area contributed by atoms with Crippen LogP contribution in [0, 0.1) is 5.92 Å². The number of nitrogens with zero attached hydrogens (tertiary/aromatic N) is 2. The molecule has 77 heavy (non-hydrogen) atoms. The topological polar surface area (TPSA) is 239 Å². The van der Waals surface area contributed by atoms with Crippen molar-refractivity contribution in [1.29, 1.82) is 0 Å². The number of fused-ring (bicyclic) bond motifs is 2. The Morgan fingerprint density at radius 1 is 0.597 bits per heavy atom. The van der Waals surface area contributed by atoms with Gasteiger partial charge in [-0.1, -0.05) is 48.5 Å². The van der Waals surface area contributed by atoms with E-state index in [9.17, 15) is 38.4 Å². The van der Waals surface area contributed by atoms with Crippen LogP contribution < -0.4 is 42.5 Å². The Morgan fingerprint density at radius 2 is 1.10 bits per heavy atom. The first-order chi connectivity index (χ1) is 37.2. The first kappa shape index (κ1) is 56.5. The van der Waals surface area contributed by atoms with Crippen LogP contribution in [0.1, 0.15) is 159 Å². The van der Waals surface area contributed by atoms with Crippen molar-refractivity contribution in [1.82, 2.24) is 52.3 Å². The van der Waals surface area contributed by atoms with E-state index >= 15 is 0 Å². The van der Waals surface area contributed by atoms with E-state index in [1.54, 1.807) is 62.0 Å². The maximum atomic E-state index is 14.5. The van der Waals surface area contributed by atoms with E-state index in [4.69, 9.17) is 0 Å². The average Bonchev–Trinajstić information content (AvgIpc) is 3.82. The second-order valence-electron chi connectivity index (χ2n) is 21.8. The number of nitrogens with one attached hydrogen (secondary N) is 8. The van der Waals surface area contributed by atoms with Gasteiger partial charge in [-0.05, 0) is 183 Å². The molecule has 2 saturated heterocycles. The SMILES string of the molecule is CN[C@@H](C)C(=O)N[C@@H](CCCCNC(=O)c1ccc(C(=O)NCCCC2CC2(NC(=O)[C@H](C)NC)C(=O)N2CCC[C@H]2C(=O)N[C@@H]2CCCc3ccccc32)cc1)C(=O)N1CCC[C@H]1C(=O)N[C@@H]1CCCc2ccccc21. The predicted molar refractivity (Wildman–Crippen MR) is 292 cm³/mol. The highest BCUT2D eigenvalue weighted by atomic mass is 16.2. The molecule has 18 heteroatoms. The summed E-state index contributed by atoms with van der Waals surface area (Å²) in [4.78, 5) is 112. The molecule has 2 heterocycles. The molecule has 2 unspecified atom stereocenters. The molecule has 3 aliphatic carbocycles. The van der Waals surface area contributed by atoms with Crippen molar-refractivity contribution >= 4 is 47.3 Å². The van der Waals surface area contributed by atoms with E-state index in [1.165, 1.54) is 11.1 Å². The molecular weight excluding hydrogens is 977 g/mol. The maximum Gasteiger partial charge on any atom is 0.251 e. The zero-order valence-corrected chi connectivity index (χ0v) is 45.3. The van der Waals surface area contributed by atoms with Gasteiger partial charge in [0.2, 0.25) is 35.4 Å². The van der Waals surface area contributed by atoms with E-state index in [2.05, 4.69) is 66.8 Å². The summed E-state index contributed by atoms with van der Waals surface area (Å²) in [6.45, 7) is 4.95. The predicted octanol–water partition coefficient (Wildman–Crippen LogP) is 4.04. The number of carbonyl (C=O) groups is 8. The number of rotatable bonds is 23. The third-order valence-electron chi connectivity index (χ3n) is 16.8. The molecular formula is C59H80N10O8. The number of hydrogen-bond donors (Lipinski definition) is 8. The van der Waals surface area contributed by atoms with Gasteiger partial charge in [-0.25, -0.2) is 0 Å². The summed E-state index contributed by atoms with van der Waals surface area (Å²) in [5.74, 6) is -2.26. The summed E-state index contributed by atoms with van der Waals surface area (Å²) >= 11 is 0. The molecule has 0 spiro atoms. The van der Waals surface area contributed by atoms with Crippen LogP contribution in [-0.2, 0) is 41.6 Å². The lowest BCUT2D eigenvalue weighted by molar-refractivity contribution is -0.143. The molecule has 8 N–H and O–H groups in total. The number of likely N-dealkylation sites (tertiary alicyclic amines) is 2. The summed E-state index contributed by atoms with van der Waals surface area (Å²) in [7, 11) is 3.36. The van der Waals surface area contributed by atoms with Gasteiger partial charge < -0.3 is 52.3 Å². The van der Waals surface area contributed by atoms with Crippen LogP contribution in [0.2, 0.25) is 0 Å². The fraction of sp³-hybridized carbons (Fsp3) is 0.559. The minimum Gasteiger partial charge on any atom is -0.352 e. The van der Waals surface area contributed by atoms with Crippen LogP contribution in [0.15, 0.2) is 72.8 Å². The molecule has 18 nitrogen and oxygen atoms in total. The second kappa shape index (κ2) is 26.1. The smallest absolute Gasteiger partial charge is 0.251 e. The van der Waals surface area contributed by atoms with Gasteiger partial charge in [0.15, 0.2) is 0 Å². The minimum atomic E-state index is -1.13. The Kier molecular flexibility index (Phi) is 19.2. The van der Waals surface area contributed by atoms with Crippen molar-refractivity contribution in [3.05, 3.63) is 106 Å². The molecule has 0 bridgehead atoms. The zero-order valence-electron chi connectivity index (χ0n) is 45.3.